The SMILES string of the molecule is OCC(Cc1cccs1)c1ccccc1F. The molecule has 0 bridgehead atoms. The van der Waals surface area contributed by atoms with E-state index in [1.54, 1.807) is 29.5 Å². The van der Waals surface area contributed by atoms with Gasteiger partial charge in [-0.15, -0.1) is 11.3 Å². The normalized spacial score (nSPS) is 12.6. The van der Waals surface area contributed by atoms with Crippen LogP contribution in [0.4, 0.5) is 4.39 Å². The monoisotopic (exact) mass is 236 g/mol. The summed E-state index contributed by atoms with van der Waals surface area (Å²) in [5.74, 6) is -0.391. The Labute approximate surface area is 98.2 Å². The van der Waals surface area contributed by atoms with Gasteiger partial charge in [-0.2, -0.15) is 0 Å². The highest BCUT2D eigenvalue weighted by Crippen LogP contribution is 2.24. The van der Waals surface area contributed by atoms with Gasteiger partial charge in [-0.25, -0.2) is 4.39 Å². The standard InChI is InChI=1S/C13H13FOS/c14-13-6-2-1-5-12(13)10(9-15)8-11-4-3-7-16-11/h1-7,10,15H,8-9H2. The quantitative estimate of drug-likeness (QED) is 0.864. The molecule has 0 spiro atoms. The summed E-state index contributed by atoms with van der Waals surface area (Å²) in [5.41, 5.74) is 0.596. The van der Waals surface area contributed by atoms with Gasteiger partial charge < -0.3 is 5.11 Å². The lowest BCUT2D eigenvalue weighted by atomic mass is 9.95. The van der Waals surface area contributed by atoms with Crippen LogP contribution in [-0.4, -0.2) is 11.7 Å². The number of thiophene rings is 1. The maximum atomic E-state index is 13.5. The average Bonchev–Trinajstić information content (AvgIpc) is 2.80. The fraction of sp³-hybridized carbons (Fsp3) is 0.231. The minimum absolute atomic E-state index is 0.0289. The Hall–Kier alpha value is -1.19. The highest BCUT2D eigenvalue weighted by molar-refractivity contribution is 7.09. The molecule has 2 rings (SSSR count). The number of benzene rings is 1. The first kappa shape index (κ1) is 11.3. The summed E-state index contributed by atoms with van der Waals surface area (Å²) in [5, 5.41) is 11.3. The molecule has 1 atom stereocenters. The summed E-state index contributed by atoms with van der Waals surface area (Å²) < 4.78 is 13.5. The molecule has 0 amide bonds. The van der Waals surface area contributed by atoms with Gasteiger partial charge in [-0.1, -0.05) is 24.3 Å². The summed E-state index contributed by atoms with van der Waals surface area (Å²) in [6.07, 6.45) is 0.690. The van der Waals surface area contributed by atoms with Gasteiger partial charge in [0.2, 0.25) is 0 Å². The van der Waals surface area contributed by atoms with Crippen LogP contribution >= 0.6 is 11.3 Å². The first-order valence-corrected chi connectivity index (χ1v) is 6.07. The molecule has 0 aliphatic rings. The van der Waals surface area contributed by atoms with Gasteiger partial charge in [0, 0.05) is 10.8 Å². The highest BCUT2D eigenvalue weighted by Gasteiger charge is 2.15. The van der Waals surface area contributed by atoms with Crippen molar-refractivity contribution in [3.05, 3.63) is 58.0 Å². The topological polar surface area (TPSA) is 20.2 Å². The Kier molecular flexibility index (Phi) is 3.70. The fourth-order valence-corrected chi connectivity index (χ4v) is 2.54. The van der Waals surface area contributed by atoms with E-state index in [1.165, 1.54) is 10.9 Å². The molecule has 16 heavy (non-hydrogen) atoms. The molecule has 1 unspecified atom stereocenters. The molecule has 2 aromatic rings. The van der Waals surface area contributed by atoms with E-state index in [0.717, 1.165) is 0 Å². The van der Waals surface area contributed by atoms with Gasteiger partial charge in [0.1, 0.15) is 5.82 Å². The predicted molar refractivity (Wildman–Crippen MR) is 64.2 cm³/mol. The lowest BCUT2D eigenvalue weighted by Gasteiger charge is -2.14. The number of halogens is 1. The highest BCUT2D eigenvalue weighted by atomic mass is 32.1. The largest absolute Gasteiger partial charge is 0.396 e. The molecule has 1 nitrogen and oxygen atoms in total. The van der Waals surface area contributed by atoms with Gasteiger partial charge in [0.05, 0.1) is 6.61 Å². The van der Waals surface area contributed by atoms with Crippen LogP contribution in [0, 0.1) is 5.82 Å². The number of hydrogen-bond acceptors (Lipinski definition) is 2. The van der Waals surface area contributed by atoms with E-state index in [0.29, 0.717) is 12.0 Å². The fourth-order valence-electron chi connectivity index (χ4n) is 1.75. The molecule has 1 N–H and O–H groups in total. The second kappa shape index (κ2) is 5.23. The van der Waals surface area contributed by atoms with Crippen molar-refractivity contribution in [3.8, 4) is 0 Å². The van der Waals surface area contributed by atoms with Crippen molar-refractivity contribution in [2.24, 2.45) is 0 Å². The van der Waals surface area contributed by atoms with E-state index >= 15 is 0 Å². The molecular weight excluding hydrogens is 223 g/mol. The molecule has 0 fully saturated rings. The Morgan fingerprint density at radius 2 is 2.00 bits per heavy atom. The van der Waals surface area contributed by atoms with Crippen molar-refractivity contribution in [3.63, 3.8) is 0 Å². The van der Waals surface area contributed by atoms with E-state index < -0.39 is 0 Å². The maximum Gasteiger partial charge on any atom is 0.126 e. The van der Waals surface area contributed by atoms with Gasteiger partial charge in [0.15, 0.2) is 0 Å². The van der Waals surface area contributed by atoms with Crippen molar-refractivity contribution < 1.29 is 9.50 Å². The Morgan fingerprint density at radius 1 is 1.19 bits per heavy atom. The second-order valence-corrected chi connectivity index (χ2v) is 4.72. The van der Waals surface area contributed by atoms with Gasteiger partial charge in [-0.05, 0) is 29.5 Å². The van der Waals surface area contributed by atoms with Crippen molar-refractivity contribution in [2.45, 2.75) is 12.3 Å². The van der Waals surface area contributed by atoms with E-state index in [9.17, 15) is 9.50 Å². The first-order valence-electron chi connectivity index (χ1n) is 5.19. The maximum absolute atomic E-state index is 13.5. The smallest absolute Gasteiger partial charge is 0.126 e. The number of aliphatic hydroxyl groups excluding tert-OH is 1. The van der Waals surface area contributed by atoms with Crippen LogP contribution in [0.1, 0.15) is 16.4 Å². The zero-order valence-electron chi connectivity index (χ0n) is 8.77. The van der Waals surface area contributed by atoms with Crippen LogP contribution in [0.3, 0.4) is 0 Å². The van der Waals surface area contributed by atoms with Crippen LogP contribution in [0.25, 0.3) is 0 Å². The van der Waals surface area contributed by atoms with Crippen LogP contribution in [0.5, 0.6) is 0 Å². The summed E-state index contributed by atoms with van der Waals surface area (Å²) in [7, 11) is 0. The Bertz CT molecular complexity index is 439. The number of rotatable bonds is 4. The zero-order valence-corrected chi connectivity index (χ0v) is 9.58. The molecule has 0 saturated heterocycles. The molecule has 1 aromatic carbocycles. The van der Waals surface area contributed by atoms with Gasteiger partial charge in [0.25, 0.3) is 0 Å². The molecule has 0 saturated carbocycles. The van der Waals surface area contributed by atoms with E-state index in [4.69, 9.17) is 0 Å². The van der Waals surface area contributed by atoms with Crippen LogP contribution in [-0.2, 0) is 6.42 Å². The van der Waals surface area contributed by atoms with Crippen LogP contribution in [0.15, 0.2) is 41.8 Å². The number of aliphatic hydroxyl groups is 1. The Morgan fingerprint density at radius 3 is 2.62 bits per heavy atom. The van der Waals surface area contributed by atoms with Crippen LogP contribution < -0.4 is 0 Å². The molecule has 0 aliphatic carbocycles. The van der Waals surface area contributed by atoms with Crippen molar-refractivity contribution >= 4 is 11.3 Å². The van der Waals surface area contributed by atoms with E-state index in [-0.39, 0.29) is 18.3 Å². The lowest BCUT2D eigenvalue weighted by molar-refractivity contribution is 0.262. The molecule has 84 valence electrons. The average molecular weight is 236 g/mol. The van der Waals surface area contributed by atoms with Gasteiger partial charge in [-0.3, -0.25) is 0 Å². The molecular formula is C13H13FOS. The van der Waals surface area contributed by atoms with E-state index in [1.807, 2.05) is 17.5 Å². The third-order valence-electron chi connectivity index (χ3n) is 2.59. The molecule has 0 aliphatic heterocycles. The minimum Gasteiger partial charge on any atom is -0.396 e. The lowest BCUT2D eigenvalue weighted by Crippen LogP contribution is -2.08. The summed E-state index contributed by atoms with van der Waals surface area (Å²) >= 11 is 1.63. The van der Waals surface area contributed by atoms with Gasteiger partial charge >= 0.3 is 0 Å². The van der Waals surface area contributed by atoms with Crippen LogP contribution in [0.2, 0.25) is 0 Å². The predicted octanol–water partition coefficient (Wildman–Crippen LogP) is 3.21. The number of hydrogen-bond donors (Lipinski definition) is 1. The van der Waals surface area contributed by atoms with Crippen molar-refractivity contribution in [1.82, 2.24) is 0 Å². The van der Waals surface area contributed by atoms with Crippen molar-refractivity contribution in [1.29, 1.82) is 0 Å². The third kappa shape index (κ3) is 2.49. The summed E-state index contributed by atoms with van der Waals surface area (Å²) in [6.45, 7) is -0.0289. The minimum atomic E-state index is -0.238. The molecule has 3 heteroatoms. The molecule has 1 heterocycles. The Balaban J connectivity index is 2.20. The molecule has 1 aromatic heterocycles. The summed E-state index contributed by atoms with van der Waals surface area (Å²) in [6, 6.07) is 10.6. The zero-order chi connectivity index (χ0) is 11.4. The second-order valence-electron chi connectivity index (χ2n) is 3.68. The molecule has 0 radical (unpaired) electrons. The van der Waals surface area contributed by atoms with E-state index in [2.05, 4.69) is 0 Å². The third-order valence-corrected chi connectivity index (χ3v) is 3.49. The summed E-state index contributed by atoms with van der Waals surface area (Å²) in [4.78, 5) is 1.17. The first-order chi connectivity index (χ1) is 7.81. The van der Waals surface area contributed by atoms with Crippen molar-refractivity contribution in [2.75, 3.05) is 6.61 Å².